The summed E-state index contributed by atoms with van der Waals surface area (Å²) in [6.07, 6.45) is 0.00140. The van der Waals surface area contributed by atoms with Crippen molar-refractivity contribution in [1.29, 1.82) is 0 Å². The molecule has 144 valence electrons. The highest BCUT2D eigenvalue weighted by atomic mass is 32.2. The number of amides is 1. The summed E-state index contributed by atoms with van der Waals surface area (Å²) < 4.78 is 32.2. The first-order chi connectivity index (χ1) is 12.0. The second-order valence-corrected chi connectivity index (χ2v) is 9.00. The van der Waals surface area contributed by atoms with Gasteiger partial charge in [0.05, 0.1) is 10.5 Å². The summed E-state index contributed by atoms with van der Waals surface area (Å²) in [5.74, 6) is -1.19. The molecular weight excluding hydrogens is 360 g/mol. The van der Waals surface area contributed by atoms with Gasteiger partial charge >= 0.3 is 12.1 Å². The van der Waals surface area contributed by atoms with Crippen molar-refractivity contribution in [3.63, 3.8) is 0 Å². The van der Waals surface area contributed by atoms with E-state index in [1.165, 1.54) is 27.4 Å². The Kier molecular flexibility index (Phi) is 5.92. The quantitative estimate of drug-likeness (QED) is 0.855. The molecule has 1 aromatic rings. The molecule has 0 radical (unpaired) electrons. The molecule has 0 aliphatic carbocycles. The summed E-state index contributed by atoms with van der Waals surface area (Å²) in [7, 11) is -3.83. The largest absolute Gasteiger partial charge is 0.478 e. The Morgan fingerprint density at radius 1 is 1.12 bits per heavy atom. The molecule has 1 N–H and O–H groups in total. The molecule has 0 unspecified atom stereocenters. The van der Waals surface area contributed by atoms with Gasteiger partial charge in [0.2, 0.25) is 10.0 Å². The zero-order chi connectivity index (χ0) is 19.5. The van der Waals surface area contributed by atoms with Gasteiger partial charge in [0.25, 0.3) is 0 Å². The van der Waals surface area contributed by atoms with Gasteiger partial charge in [-0.05, 0) is 45.4 Å². The highest BCUT2D eigenvalue weighted by molar-refractivity contribution is 7.89. The first kappa shape index (κ1) is 20.2. The maximum absolute atomic E-state index is 12.8. The zero-order valence-corrected chi connectivity index (χ0v) is 16.0. The van der Waals surface area contributed by atoms with Crippen molar-refractivity contribution in [3.05, 3.63) is 29.8 Å². The highest BCUT2D eigenvalue weighted by Gasteiger charge is 2.30. The number of benzene rings is 1. The van der Waals surface area contributed by atoms with Gasteiger partial charge in [-0.1, -0.05) is 6.07 Å². The Bertz CT molecular complexity index is 785. The minimum Gasteiger partial charge on any atom is -0.478 e. The van der Waals surface area contributed by atoms with E-state index in [9.17, 15) is 18.0 Å². The molecule has 1 amide bonds. The Hall–Kier alpha value is -2.13. The van der Waals surface area contributed by atoms with Crippen molar-refractivity contribution in [1.82, 2.24) is 9.21 Å². The van der Waals surface area contributed by atoms with Crippen LogP contribution in [-0.4, -0.2) is 66.6 Å². The molecule has 1 fully saturated rings. The Labute approximate surface area is 153 Å². The van der Waals surface area contributed by atoms with Gasteiger partial charge in [-0.3, -0.25) is 0 Å². The van der Waals surface area contributed by atoms with E-state index in [0.717, 1.165) is 6.07 Å². The first-order valence-corrected chi connectivity index (χ1v) is 9.76. The van der Waals surface area contributed by atoms with E-state index in [-0.39, 0.29) is 30.1 Å². The van der Waals surface area contributed by atoms with Crippen LogP contribution in [0, 0.1) is 0 Å². The summed E-state index contributed by atoms with van der Waals surface area (Å²) in [6, 6.07) is 5.27. The second-order valence-electron chi connectivity index (χ2n) is 7.06. The van der Waals surface area contributed by atoms with Crippen molar-refractivity contribution >= 4 is 22.1 Å². The molecule has 9 heteroatoms. The minimum atomic E-state index is -3.83. The second kappa shape index (κ2) is 7.63. The molecular formula is C17H24N2O6S. The molecule has 2 rings (SSSR count). The molecule has 26 heavy (non-hydrogen) atoms. The van der Waals surface area contributed by atoms with Gasteiger partial charge in [0.15, 0.2) is 0 Å². The standard InChI is InChI=1S/C17H24N2O6S/c1-17(2,3)25-16(22)18-8-5-9-19(11-10-18)26(23,24)14-7-4-6-13(12-14)15(20)21/h4,6-7,12H,5,8-11H2,1-3H3,(H,20,21). The van der Waals surface area contributed by atoms with Crippen LogP contribution in [0.1, 0.15) is 37.6 Å². The summed E-state index contributed by atoms with van der Waals surface area (Å²) in [5.41, 5.74) is -0.705. The number of ether oxygens (including phenoxy) is 1. The van der Waals surface area contributed by atoms with Crippen molar-refractivity contribution in [2.45, 2.75) is 37.7 Å². The number of carboxylic acid groups (broad SMARTS) is 1. The third-order valence-corrected chi connectivity index (χ3v) is 5.72. The lowest BCUT2D eigenvalue weighted by atomic mass is 10.2. The molecule has 8 nitrogen and oxygen atoms in total. The predicted molar refractivity (Wildman–Crippen MR) is 94.6 cm³/mol. The molecule has 1 aromatic carbocycles. The van der Waals surface area contributed by atoms with E-state index in [1.807, 2.05) is 0 Å². The third kappa shape index (κ3) is 4.95. The normalized spacial score (nSPS) is 16.8. The fourth-order valence-electron chi connectivity index (χ4n) is 2.58. The molecule has 1 aliphatic heterocycles. The Morgan fingerprint density at radius 2 is 1.81 bits per heavy atom. The number of sulfonamides is 1. The number of carbonyl (C=O) groups excluding carboxylic acids is 1. The molecule has 1 saturated heterocycles. The van der Waals surface area contributed by atoms with Crippen LogP contribution >= 0.6 is 0 Å². The van der Waals surface area contributed by atoms with Crippen LogP contribution in [0.2, 0.25) is 0 Å². The highest BCUT2D eigenvalue weighted by Crippen LogP contribution is 2.20. The topological polar surface area (TPSA) is 104 Å². The van der Waals surface area contributed by atoms with E-state index >= 15 is 0 Å². The van der Waals surface area contributed by atoms with E-state index < -0.39 is 27.7 Å². The van der Waals surface area contributed by atoms with Crippen LogP contribution in [0.5, 0.6) is 0 Å². The van der Waals surface area contributed by atoms with Crippen LogP contribution in [0.25, 0.3) is 0 Å². The SMILES string of the molecule is CC(C)(C)OC(=O)N1CCCN(S(=O)(=O)c2cccc(C(=O)O)c2)CC1. The summed E-state index contributed by atoms with van der Waals surface area (Å²) in [4.78, 5) is 24.7. The summed E-state index contributed by atoms with van der Waals surface area (Å²) in [5, 5.41) is 9.05. The Balaban J connectivity index is 2.14. The van der Waals surface area contributed by atoms with E-state index in [0.29, 0.717) is 13.0 Å². The Morgan fingerprint density at radius 3 is 2.42 bits per heavy atom. The monoisotopic (exact) mass is 384 g/mol. The molecule has 0 aromatic heterocycles. The van der Waals surface area contributed by atoms with Gasteiger partial charge < -0.3 is 14.7 Å². The van der Waals surface area contributed by atoms with Crippen LogP contribution in [0.15, 0.2) is 29.2 Å². The van der Waals surface area contributed by atoms with Crippen LogP contribution in [-0.2, 0) is 14.8 Å². The minimum absolute atomic E-state index is 0.0666. The van der Waals surface area contributed by atoms with E-state index in [4.69, 9.17) is 9.84 Å². The van der Waals surface area contributed by atoms with Crippen molar-refractivity contribution in [2.24, 2.45) is 0 Å². The number of hydrogen-bond donors (Lipinski definition) is 1. The van der Waals surface area contributed by atoms with Gasteiger partial charge in [-0.2, -0.15) is 4.31 Å². The number of aromatic carboxylic acids is 1. The molecule has 0 atom stereocenters. The van der Waals surface area contributed by atoms with Gasteiger partial charge in [-0.15, -0.1) is 0 Å². The van der Waals surface area contributed by atoms with Gasteiger partial charge in [-0.25, -0.2) is 18.0 Å². The number of nitrogens with zero attached hydrogens (tertiary/aromatic N) is 2. The lowest BCUT2D eigenvalue weighted by Crippen LogP contribution is -2.40. The molecule has 0 saturated carbocycles. The van der Waals surface area contributed by atoms with Crippen molar-refractivity contribution < 1.29 is 27.9 Å². The van der Waals surface area contributed by atoms with Crippen LogP contribution < -0.4 is 0 Å². The summed E-state index contributed by atoms with van der Waals surface area (Å²) >= 11 is 0. The molecule has 0 bridgehead atoms. The summed E-state index contributed by atoms with van der Waals surface area (Å²) in [6.45, 7) is 6.31. The van der Waals surface area contributed by atoms with E-state index in [1.54, 1.807) is 20.8 Å². The number of carboxylic acids is 1. The average Bonchev–Trinajstić information content (AvgIpc) is 2.80. The molecule has 1 aliphatic rings. The first-order valence-electron chi connectivity index (χ1n) is 8.32. The third-order valence-electron chi connectivity index (χ3n) is 3.83. The van der Waals surface area contributed by atoms with Gasteiger partial charge in [0.1, 0.15) is 5.60 Å². The lowest BCUT2D eigenvalue weighted by molar-refractivity contribution is 0.0260. The van der Waals surface area contributed by atoms with E-state index in [2.05, 4.69) is 0 Å². The maximum atomic E-state index is 12.8. The molecule has 1 heterocycles. The smallest absolute Gasteiger partial charge is 0.410 e. The fraction of sp³-hybridized carbons (Fsp3) is 0.529. The fourth-order valence-corrected chi connectivity index (χ4v) is 4.10. The van der Waals surface area contributed by atoms with Crippen molar-refractivity contribution in [3.8, 4) is 0 Å². The molecule has 0 spiro atoms. The van der Waals surface area contributed by atoms with Crippen molar-refractivity contribution in [2.75, 3.05) is 26.2 Å². The number of carbonyl (C=O) groups is 2. The average molecular weight is 384 g/mol. The number of hydrogen-bond acceptors (Lipinski definition) is 5. The predicted octanol–water partition coefficient (Wildman–Crippen LogP) is 2.02. The lowest BCUT2D eigenvalue weighted by Gasteiger charge is -2.26. The van der Waals surface area contributed by atoms with Crippen LogP contribution in [0.3, 0.4) is 0 Å². The van der Waals surface area contributed by atoms with Gasteiger partial charge in [0, 0.05) is 26.2 Å². The van der Waals surface area contributed by atoms with Crippen LogP contribution in [0.4, 0.5) is 4.79 Å². The number of rotatable bonds is 3. The zero-order valence-electron chi connectivity index (χ0n) is 15.1. The maximum Gasteiger partial charge on any atom is 0.410 e.